The summed E-state index contributed by atoms with van der Waals surface area (Å²) in [6.07, 6.45) is 2.00. The second-order valence-corrected chi connectivity index (χ2v) is 15.3. The van der Waals surface area contributed by atoms with Gasteiger partial charge in [0.05, 0.1) is 22.3 Å². The number of carbonyl (C=O) groups excluding carboxylic acids is 8. The highest BCUT2D eigenvalue weighted by molar-refractivity contribution is 7.99. The SMILES string of the molecule is C=CC(=O)COC(=O)c1ccc(Sc2ccc(C(=O)OCC(=O)C=C)c(C(=O)Nc3ccc(C(=O)Nc4ccc5cc(NC(=O)c6ccc(C)cc6)ccc5c4)cc3)c2)cc1C(=O)NC. The highest BCUT2D eigenvalue weighted by atomic mass is 32.2. The van der Waals surface area contributed by atoms with E-state index in [9.17, 15) is 38.4 Å². The Bertz CT molecular complexity index is 2910. The molecule has 0 bridgehead atoms. The zero-order valence-electron chi connectivity index (χ0n) is 35.0. The van der Waals surface area contributed by atoms with Gasteiger partial charge in [0, 0.05) is 45.0 Å². The van der Waals surface area contributed by atoms with Crippen molar-refractivity contribution in [2.45, 2.75) is 16.7 Å². The predicted octanol–water partition coefficient (Wildman–Crippen LogP) is 8.24. The van der Waals surface area contributed by atoms with Gasteiger partial charge in [0.15, 0.2) is 24.8 Å². The number of anilines is 3. The molecule has 0 aliphatic rings. The molecule has 0 heterocycles. The lowest BCUT2D eigenvalue weighted by Gasteiger charge is -2.13. The van der Waals surface area contributed by atoms with Gasteiger partial charge < -0.3 is 30.7 Å². The molecular formula is C50H40N4O10S. The standard InChI is InChI=1S/C50H40N4O10S/c1-5-37(55)27-63-49(61)41-21-19-39(25-43(41)47(59)51-4)65-40-20-22-42(50(62)64-28-38(56)6-2)44(26-40)48(60)52-34-15-11-31(12-16-34)46(58)54-36-18-14-32-23-35(17-13-33(32)24-36)53-45(57)30-9-7-29(3)8-10-30/h5-26H,1-2,27-28H2,3-4H3,(H,51,59)(H,52,60)(H,53,57)(H,54,58). The Balaban J connectivity index is 1.16. The van der Waals surface area contributed by atoms with Gasteiger partial charge in [0.25, 0.3) is 23.6 Å². The third-order valence-corrected chi connectivity index (χ3v) is 10.6. The highest BCUT2D eigenvalue weighted by Gasteiger charge is 2.23. The van der Waals surface area contributed by atoms with Crippen LogP contribution in [0.1, 0.15) is 67.7 Å². The van der Waals surface area contributed by atoms with Gasteiger partial charge in [-0.25, -0.2) is 9.59 Å². The van der Waals surface area contributed by atoms with E-state index in [1.54, 1.807) is 30.3 Å². The summed E-state index contributed by atoms with van der Waals surface area (Å²) in [5.74, 6) is -4.90. The summed E-state index contributed by atoms with van der Waals surface area (Å²) in [5.41, 5.74) is 2.91. The molecule has 0 aliphatic carbocycles. The van der Waals surface area contributed by atoms with Crippen molar-refractivity contribution in [2.75, 3.05) is 36.2 Å². The zero-order valence-corrected chi connectivity index (χ0v) is 35.8. The van der Waals surface area contributed by atoms with E-state index in [1.165, 1.54) is 67.7 Å². The molecule has 0 fully saturated rings. The molecule has 65 heavy (non-hydrogen) atoms. The van der Waals surface area contributed by atoms with Crippen LogP contribution in [0, 0.1) is 6.92 Å². The van der Waals surface area contributed by atoms with Crippen molar-refractivity contribution in [1.82, 2.24) is 5.32 Å². The average molecular weight is 889 g/mol. The van der Waals surface area contributed by atoms with E-state index < -0.39 is 54.4 Å². The maximum Gasteiger partial charge on any atom is 0.339 e. The van der Waals surface area contributed by atoms with Crippen LogP contribution in [0.3, 0.4) is 0 Å². The van der Waals surface area contributed by atoms with Gasteiger partial charge in [0.1, 0.15) is 0 Å². The molecule has 0 spiro atoms. The highest BCUT2D eigenvalue weighted by Crippen LogP contribution is 2.32. The first-order chi connectivity index (χ1) is 31.2. The van der Waals surface area contributed by atoms with Gasteiger partial charge in [0.2, 0.25) is 0 Å². The number of esters is 2. The van der Waals surface area contributed by atoms with Gasteiger partial charge in [-0.15, -0.1) is 0 Å². The smallest absolute Gasteiger partial charge is 0.339 e. The molecule has 0 aliphatic heterocycles. The zero-order chi connectivity index (χ0) is 46.6. The summed E-state index contributed by atoms with van der Waals surface area (Å²) in [5, 5.41) is 12.7. The Morgan fingerprint density at radius 2 is 0.908 bits per heavy atom. The van der Waals surface area contributed by atoms with Gasteiger partial charge in [-0.1, -0.05) is 54.7 Å². The lowest BCUT2D eigenvalue weighted by molar-refractivity contribution is -0.118. The molecule has 6 rings (SSSR count). The number of ketones is 2. The first-order valence-corrected chi connectivity index (χ1v) is 20.5. The Morgan fingerprint density at radius 1 is 0.492 bits per heavy atom. The fraction of sp³-hybridized carbons (Fsp3) is 0.0800. The number of ether oxygens (including phenoxy) is 2. The van der Waals surface area contributed by atoms with Crippen LogP contribution >= 0.6 is 11.8 Å². The fourth-order valence-electron chi connectivity index (χ4n) is 6.14. The molecule has 0 atom stereocenters. The number of nitrogens with one attached hydrogen (secondary N) is 4. The molecule has 0 aromatic heterocycles. The van der Waals surface area contributed by atoms with Crippen LogP contribution in [0.2, 0.25) is 0 Å². The quantitative estimate of drug-likeness (QED) is 0.0507. The van der Waals surface area contributed by atoms with Crippen molar-refractivity contribution in [3.63, 3.8) is 0 Å². The minimum absolute atomic E-state index is 0.0377. The van der Waals surface area contributed by atoms with Crippen molar-refractivity contribution >= 4 is 86.7 Å². The molecule has 326 valence electrons. The normalized spacial score (nSPS) is 10.5. The summed E-state index contributed by atoms with van der Waals surface area (Å²) < 4.78 is 10.2. The summed E-state index contributed by atoms with van der Waals surface area (Å²) in [4.78, 5) is 103. The first-order valence-electron chi connectivity index (χ1n) is 19.7. The molecule has 0 saturated heterocycles. The number of carbonyl (C=O) groups is 8. The molecule has 4 N–H and O–H groups in total. The second-order valence-electron chi connectivity index (χ2n) is 14.2. The van der Waals surface area contributed by atoms with E-state index in [4.69, 9.17) is 9.47 Å². The van der Waals surface area contributed by atoms with Gasteiger partial charge >= 0.3 is 11.9 Å². The number of amides is 4. The minimum atomic E-state index is -0.951. The van der Waals surface area contributed by atoms with Crippen LogP contribution < -0.4 is 21.3 Å². The minimum Gasteiger partial charge on any atom is -0.454 e. The Hall–Kier alpha value is -8.43. The van der Waals surface area contributed by atoms with E-state index in [-0.39, 0.29) is 39.4 Å². The second kappa shape index (κ2) is 21.1. The number of rotatable bonds is 17. The third kappa shape index (κ3) is 11.9. The fourth-order valence-corrected chi connectivity index (χ4v) is 7.04. The van der Waals surface area contributed by atoms with Gasteiger partial charge in [-0.3, -0.25) is 28.8 Å². The van der Waals surface area contributed by atoms with Gasteiger partial charge in [-0.2, -0.15) is 0 Å². The van der Waals surface area contributed by atoms with Crippen molar-refractivity contribution in [1.29, 1.82) is 0 Å². The maximum absolute atomic E-state index is 13.8. The van der Waals surface area contributed by atoms with Crippen molar-refractivity contribution in [3.05, 3.63) is 186 Å². The van der Waals surface area contributed by atoms with Crippen molar-refractivity contribution in [3.8, 4) is 0 Å². The number of fused-ring (bicyclic) bond motifs is 1. The molecule has 0 unspecified atom stereocenters. The molecule has 6 aromatic carbocycles. The number of aryl methyl sites for hydroxylation is 1. The third-order valence-electron chi connectivity index (χ3n) is 9.59. The molecule has 15 heteroatoms. The molecule has 14 nitrogen and oxygen atoms in total. The van der Waals surface area contributed by atoms with E-state index in [0.29, 0.717) is 26.7 Å². The number of benzene rings is 6. The van der Waals surface area contributed by atoms with Crippen LogP contribution in [-0.2, 0) is 19.1 Å². The van der Waals surface area contributed by atoms with Crippen LogP contribution in [0.4, 0.5) is 17.1 Å². The van der Waals surface area contributed by atoms with E-state index >= 15 is 0 Å². The van der Waals surface area contributed by atoms with Gasteiger partial charge in [-0.05, 0) is 127 Å². The van der Waals surface area contributed by atoms with Crippen molar-refractivity contribution in [2.24, 2.45) is 0 Å². The molecular weight excluding hydrogens is 849 g/mol. The molecule has 6 aromatic rings. The van der Waals surface area contributed by atoms with Crippen molar-refractivity contribution < 1.29 is 47.8 Å². The van der Waals surface area contributed by atoms with Crippen LogP contribution in [0.5, 0.6) is 0 Å². The topological polar surface area (TPSA) is 203 Å². The Kier molecular flexibility index (Phi) is 15.0. The number of hydrogen-bond donors (Lipinski definition) is 4. The monoisotopic (exact) mass is 888 g/mol. The molecule has 0 radical (unpaired) electrons. The van der Waals surface area contributed by atoms with E-state index in [2.05, 4.69) is 34.4 Å². The predicted molar refractivity (Wildman–Crippen MR) is 247 cm³/mol. The maximum atomic E-state index is 13.8. The Morgan fingerprint density at radius 3 is 1.35 bits per heavy atom. The molecule has 0 saturated carbocycles. The van der Waals surface area contributed by atoms with Crippen LogP contribution in [-0.4, -0.2) is 67.4 Å². The summed E-state index contributed by atoms with van der Waals surface area (Å²) in [6.45, 7) is 7.50. The molecule has 4 amide bonds. The van der Waals surface area contributed by atoms with Crippen LogP contribution in [0.15, 0.2) is 156 Å². The average Bonchev–Trinajstić information content (AvgIpc) is 3.32. The summed E-state index contributed by atoms with van der Waals surface area (Å²) >= 11 is 1.10. The van der Waals surface area contributed by atoms with Crippen LogP contribution in [0.25, 0.3) is 10.8 Å². The first kappa shape index (κ1) is 46.1. The lowest BCUT2D eigenvalue weighted by atomic mass is 10.1. The lowest BCUT2D eigenvalue weighted by Crippen LogP contribution is -2.22. The summed E-state index contributed by atoms with van der Waals surface area (Å²) in [6, 6.07) is 32.8. The Labute approximate surface area is 377 Å². The summed E-state index contributed by atoms with van der Waals surface area (Å²) in [7, 11) is 1.38. The van der Waals surface area contributed by atoms with E-state index in [1.807, 2.05) is 37.3 Å². The number of hydrogen-bond acceptors (Lipinski definition) is 11. The van der Waals surface area contributed by atoms with E-state index in [0.717, 1.165) is 40.2 Å². The largest absolute Gasteiger partial charge is 0.454 e.